The number of primary amides is 1. The summed E-state index contributed by atoms with van der Waals surface area (Å²) in [7, 11) is 0. The van der Waals surface area contributed by atoms with Crippen LogP contribution >= 0.6 is 23.3 Å². The monoisotopic (exact) mass is 266 g/mol. The molecule has 5 nitrogen and oxygen atoms in total. The Kier molecular flexibility index (Phi) is 3.60. The van der Waals surface area contributed by atoms with Crippen molar-refractivity contribution in [1.29, 1.82) is 0 Å². The number of hydrogen-bond donors (Lipinski definition) is 2. The number of carbonyl (C=O) groups excluding carboxylic acids is 1. The first kappa shape index (κ1) is 11.9. The van der Waals surface area contributed by atoms with Crippen LogP contribution in [0.15, 0.2) is 29.2 Å². The van der Waals surface area contributed by atoms with Crippen molar-refractivity contribution in [2.75, 3.05) is 11.6 Å². The van der Waals surface area contributed by atoms with Gasteiger partial charge in [-0.15, -0.1) is 16.9 Å². The van der Waals surface area contributed by atoms with E-state index in [1.165, 1.54) is 4.90 Å². The molecule has 0 aliphatic carbocycles. The van der Waals surface area contributed by atoms with Gasteiger partial charge in [0.2, 0.25) is 0 Å². The van der Waals surface area contributed by atoms with Gasteiger partial charge in [0.05, 0.1) is 0 Å². The van der Waals surface area contributed by atoms with Gasteiger partial charge >= 0.3 is 0 Å². The summed E-state index contributed by atoms with van der Waals surface area (Å²) < 4.78 is 3.70. The van der Waals surface area contributed by atoms with Crippen molar-refractivity contribution in [3.63, 3.8) is 0 Å². The van der Waals surface area contributed by atoms with Crippen molar-refractivity contribution in [3.8, 4) is 0 Å². The number of aromatic nitrogens is 2. The van der Waals surface area contributed by atoms with E-state index in [1.807, 2.05) is 30.5 Å². The van der Waals surface area contributed by atoms with Crippen LogP contribution in [-0.4, -0.2) is 21.7 Å². The molecule has 17 heavy (non-hydrogen) atoms. The Morgan fingerprint density at radius 1 is 1.41 bits per heavy atom. The van der Waals surface area contributed by atoms with Gasteiger partial charge < -0.3 is 11.1 Å². The molecule has 1 amide bonds. The van der Waals surface area contributed by atoms with Gasteiger partial charge in [-0.2, -0.15) is 0 Å². The van der Waals surface area contributed by atoms with Gasteiger partial charge in [-0.25, -0.2) is 0 Å². The third-order valence-electron chi connectivity index (χ3n) is 2.07. The highest BCUT2D eigenvalue weighted by Crippen LogP contribution is 2.24. The predicted octanol–water partition coefficient (Wildman–Crippen LogP) is 2.10. The standard InChI is InChI=1S/C10H10N4OS2/c1-16-7-4-2-6(3-5-7)12-10-8(9(11)15)13-14-17-10/h2-5,12H,1H3,(H2,11,15). The molecular weight excluding hydrogens is 256 g/mol. The normalized spacial score (nSPS) is 10.2. The number of rotatable bonds is 4. The Morgan fingerprint density at radius 3 is 2.71 bits per heavy atom. The SMILES string of the molecule is CSc1ccc(Nc2snnc2C(N)=O)cc1. The number of nitrogens with zero attached hydrogens (tertiary/aromatic N) is 2. The first-order valence-electron chi connectivity index (χ1n) is 4.74. The number of amides is 1. The molecule has 0 saturated carbocycles. The molecule has 1 aromatic heterocycles. The van der Waals surface area contributed by atoms with Crippen molar-refractivity contribution >= 4 is 39.9 Å². The van der Waals surface area contributed by atoms with Crippen LogP contribution in [0.3, 0.4) is 0 Å². The fraction of sp³-hybridized carbons (Fsp3) is 0.100. The van der Waals surface area contributed by atoms with Gasteiger partial charge in [-0.05, 0) is 30.5 Å². The molecule has 0 spiro atoms. The van der Waals surface area contributed by atoms with E-state index >= 15 is 0 Å². The Bertz CT molecular complexity index is 523. The zero-order valence-corrected chi connectivity index (χ0v) is 10.6. The van der Waals surface area contributed by atoms with Crippen molar-refractivity contribution in [1.82, 2.24) is 9.59 Å². The van der Waals surface area contributed by atoms with Gasteiger partial charge in [-0.3, -0.25) is 4.79 Å². The van der Waals surface area contributed by atoms with Crippen molar-refractivity contribution in [3.05, 3.63) is 30.0 Å². The van der Waals surface area contributed by atoms with E-state index in [0.29, 0.717) is 5.00 Å². The summed E-state index contributed by atoms with van der Waals surface area (Å²) in [6.45, 7) is 0. The molecule has 0 saturated heterocycles. The summed E-state index contributed by atoms with van der Waals surface area (Å²) in [5.41, 5.74) is 6.22. The number of thioether (sulfide) groups is 1. The van der Waals surface area contributed by atoms with Crippen molar-refractivity contribution < 1.29 is 4.79 Å². The maximum absolute atomic E-state index is 11.1. The van der Waals surface area contributed by atoms with Crippen LogP contribution in [0.25, 0.3) is 0 Å². The highest BCUT2D eigenvalue weighted by molar-refractivity contribution is 7.98. The van der Waals surface area contributed by atoms with E-state index in [-0.39, 0.29) is 5.69 Å². The molecule has 0 atom stereocenters. The first-order valence-corrected chi connectivity index (χ1v) is 6.73. The minimum atomic E-state index is -0.581. The molecule has 2 rings (SSSR count). The largest absolute Gasteiger partial charge is 0.364 e. The second-order valence-corrected chi connectivity index (χ2v) is 4.80. The number of carbonyl (C=O) groups is 1. The molecular formula is C10H10N4OS2. The van der Waals surface area contributed by atoms with E-state index in [2.05, 4.69) is 14.9 Å². The average Bonchev–Trinajstić information content (AvgIpc) is 2.78. The molecule has 0 unspecified atom stereocenters. The molecule has 0 radical (unpaired) electrons. The van der Waals surface area contributed by atoms with Crippen molar-refractivity contribution in [2.45, 2.75) is 4.90 Å². The maximum atomic E-state index is 11.1. The number of nitrogens with one attached hydrogen (secondary N) is 1. The highest BCUT2D eigenvalue weighted by Gasteiger charge is 2.13. The van der Waals surface area contributed by atoms with Crippen LogP contribution in [0.1, 0.15) is 10.5 Å². The van der Waals surface area contributed by atoms with E-state index in [0.717, 1.165) is 17.2 Å². The van der Waals surface area contributed by atoms with Crippen LogP contribution in [0.2, 0.25) is 0 Å². The minimum Gasteiger partial charge on any atom is -0.364 e. The third kappa shape index (κ3) is 2.75. The number of hydrogen-bond acceptors (Lipinski definition) is 6. The summed E-state index contributed by atoms with van der Waals surface area (Å²) in [6.07, 6.45) is 2.01. The summed E-state index contributed by atoms with van der Waals surface area (Å²) in [4.78, 5) is 12.2. The van der Waals surface area contributed by atoms with Crippen LogP contribution in [0, 0.1) is 0 Å². The van der Waals surface area contributed by atoms with Crippen LogP contribution in [-0.2, 0) is 0 Å². The molecule has 2 aromatic rings. The predicted molar refractivity (Wildman–Crippen MR) is 69.9 cm³/mol. The average molecular weight is 266 g/mol. The molecule has 1 aromatic carbocycles. The van der Waals surface area contributed by atoms with E-state index in [1.54, 1.807) is 11.8 Å². The Balaban J connectivity index is 2.19. The van der Waals surface area contributed by atoms with Gasteiger partial charge in [0, 0.05) is 22.1 Å². The van der Waals surface area contributed by atoms with E-state index < -0.39 is 5.91 Å². The fourth-order valence-electron chi connectivity index (χ4n) is 1.24. The lowest BCUT2D eigenvalue weighted by Crippen LogP contribution is -2.13. The molecule has 1 heterocycles. The summed E-state index contributed by atoms with van der Waals surface area (Å²) in [6, 6.07) is 7.84. The molecule has 0 aliphatic rings. The Morgan fingerprint density at radius 2 is 2.12 bits per heavy atom. The van der Waals surface area contributed by atoms with Crippen LogP contribution in [0.5, 0.6) is 0 Å². The minimum absolute atomic E-state index is 0.170. The topological polar surface area (TPSA) is 80.9 Å². The third-order valence-corrected chi connectivity index (χ3v) is 3.45. The number of benzene rings is 1. The van der Waals surface area contributed by atoms with E-state index in [9.17, 15) is 4.79 Å². The van der Waals surface area contributed by atoms with Crippen LogP contribution < -0.4 is 11.1 Å². The second-order valence-electron chi connectivity index (χ2n) is 3.17. The van der Waals surface area contributed by atoms with Gasteiger partial charge in [0.1, 0.15) is 5.00 Å². The zero-order valence-electron chi connectivity index (χ0n) is 9.01. The van der Waals surface area contributed by atoms with Gasteiger partial charge in [0.15, 0.2) is 5.69 Å². The lowest BCUT2D eigenvalue weighted by Gasteiger charge is -2.04. The maximum Gasteiger partial charge on any atom is 0.272 e. The summed E-state index contributed by atoms with van der Waals surface area (Å²) >= 11 is 2.77. The summed E-state index contributed by atoms with van der Waals surface area (Å²) in [5, 5.41) is 7.31. The first-order chi connectivity index (χ1) is 8.20. The van der Waals surface area contributed by atoms with E-state index in [4.69, 9.17) is 5.73 Å². The highest BCUT2D eigenvalue weighted by atomic mass is 32.2. The smallest absolute Gasteiger partial charge is 0.272 e. The fourth-order valence-corrected chi connectivity index (χ4v) is 2.24. The van der Waals surface area contributed by atoms with Crippen LogP contribution in [0.4, 0.5) is 10.7 Å². The molecule has 0 fully saturated rings. The molecule has 0 bridgehead atoms. The molecule has 88 valence electrons. The molecule has 3 N–H and O–H groups in total. The van der Waals surface area contributed by atoms with Crippen molar-refractivity contribution in [2.24, 2.45) is 5.73 Å². The van der Waals surface area contributed by atoms with Gasteiger partial charge in [0.25, 0.3) is 5.91 Å². The Labute approximate surface area is 107 Å². The lowest BCUT2D eigenvalue weighted by molar-refractivity contribution is 0.0996. The molecule has 7 heteroatoms. The van der Waals surface area contributed by atoms with Gasteiger partial charge in [-0.1, -0.05) is 4.49 Å². The lowest BCUT2D eigenvalue weighted by atomic mass is 10.3. The second kappa shape index (κ2) is 5.15. The quantitative estimate of drug-likeness (QED) is 0.828. The number of anilines is 2. The molecule has 0 aliphatic heterocycles. The Hall–Kier alpha value is -1.60. The zero-order chi connectivity index (χ0) is 12.3. The number of nitrogens with two attached hydrogens (primary N) is 1. The summed E-state index contributed by atoms with van der Waals surface area (Å²) in [5.74, 6) is -0.581.